The molecule has 156 valence electrons. The van der Waals surface area contributed by atoms with Crippen LogP contribution in [0.15, 0.2) is 35.4 Å². The van der Waals surface area contributed by atoms with Gasteiger partial charge in [0, 0.05) is 17.4 Å². The Morgan fingerprint density at radius 3 is 2.79 bits per heavy atom. The fourth-order valence-electron chi connectivity index (χ4n) is 3.19. The highest BCUT2D eigenvalue weighted by Gasteiger charge is 2.52. The van der Waals surface area contributed by atoms with Crippen molar-refractivity contribution < 1.29 is 28.5 Å². The first-order valence-corrected chi connectivity index (χ1v) is 10.3. The number of carbonyl (C=O) groups is 1. The Morgan fingerprint density at radius 1 is 1.38 bits per heavy atom. The molecule has 0 amide bonds. The summed E-state index contributed by atoms with van der Waals surface area (Å²) < 4.78 is 29.0. The standard InChI is InChI=1S/C18H21N3O6S2/c1-3-23-18(28)29-17-13(20-21-19)15(25-10(2)22)14-12(26-17)9-24-16(27-14)11-7-5-4-6-8-11/h4-8,12-17H,3,9H2,1-2H3/t12-,13-,14+,15-,16+,17+/m1/s1. The molecule has 0 N–H and O–H groups in total. The van der Waals surface area contributed by atoms with Gasteiger partial charge in [-0.2, -0.15) is 0 Å². The maximum Gasteiger partial charge on any atom is 0.303 e. The number of benzene rings is 1. The molecular formula is C18H21N3O6S2. The third-order valence-electron chi connectivity index (χ3n) is 4.34. The molecule has 2 aliphatic rings. The minimum absolute atomic E-state index is 0.212. The normalized spacial score (nSPS) is 31.1. The Balaban J connectivity index is 1.86. The number of hydrogen-bond acceptors (Lipinski definition) is 9. The highest BCUT2D eigenvalue weighted by atomic mass is 32.2. The average Bonchev–Trinajstić information content (AvgIpc) is 2.70. The van der Waals surface area contributed by atoms with Gasteiger partial charge in [-0.3, -0.25) is 4.79 Å². The maximum atomic E-state index is 11.8. The highest BCUT2D eigenvalue weighted by Crippen LogP contribution is 2.39. The van der Waals surface area contributed by atoms with Crippen LogP contribution in [-0.4, -0.2) is 53.4 Å². The first-order valence-electron chi connectivity index (χ1n) is 9.05. The first-order chi connectivity index (χ1) is 14.0. The largest absolute Gasteiger partial charge is 0.479 e. The van der Waals surface area contributed by atoms with Crippen LogP contribution < -0.4 is 0 Å². The summed E-state index contributed by atoms with van der Waals surface area (Å²) in [6.45, 7) is 3.71. The second kappa shape index (κ2) is 10.2. The van der Waals surface area contributed by atoms with Crippen LogP contribution in [0.1, 0.15) is 25.7 Å². The molecule has 0 spiro atoms. The molecule has 2 saturated heterocycles. The number of hydrogen-bond donors (Lipinski definition) is 0. The van der Waals surface area contributed by atoms with E-state index in [1.54, 1.807) is 0 Å². The van der Waals surface area contributed by atoms with Gasteiger partial charge >= 0.3 is 5.97 Å². The SMILES string of the molecule is CCOC(=S)S[C@@H]1O[C@@H]2CO[C@H](c3ccccc3)O[C@@H]2[C@H](OC(C)=O)[C@H]1N=[N+]=[N-]. The van der Waals surface area contributed by atoms with E-state index in [0.717, 1.165) is 17.3 Å². The molecule has 2 fully saturated rings. The van der Waals surface area contributed by atoms with E-state index in [4.69, 9.17) is 41.4 Å². The van der Waals surface area contributed by atoms with Gasteiger partial charge in [0.25, 0.3) is 0 Å². The number of fused-ring (bicyclic) bond motifs is 1. The van der Waals surface area contributed by atoms with Crippen molar-refractivity contribution in [3.05, 3.63) is 46.3 Å². The van der Waals surface area contributed by atoms with E-state index in [0.29, 0.717) is 6.61 Å². The van der Waals surface area contributed by atoms with Crippen LogP contribution >= 0.6 is 24.0 Å². The van der Waals surface area contributed by atoms with Crippen molar-refractivity contribution in [2.24, 2.45) is 5.11 Å². The van der Waals surface area contributed by atoms with E-state index < -0.39 is 42.0 Å². The van der Waals surface area contributed by atoms with Gasteiger partial charge in [0.05, 0.1) is 13.2 Å². The van der Waals surface area contributed by atoms with Crippen molar-refractivity contribution in [3.63, 3.8) is 0 Å². The van der Waals surface area contributed by atoms with Crippen LogP contribution in [0.2, 0.25) is 0 Å². The predicted octanol–water partition coefficient (Wildman–Crippen LogP) is 3.49. The maximum absolute atomic E-state index is 11.8. The number of rotatable bonds is 5. The summed E-state index contributed by atoms with van der Waals surface area (Å²) in [6, 6.07) is 8.53. The Morgan fingerprint density at radius 2 is 2.14 bits per heavy atom. The molecule has 0 saturated carbocycles. The summed E-state index contributed by atoms with van der Waals surface area (Å²) in [4.78, 5) is 14.7. The van der Waals surface area contributed by atoms with Crippen LogP contribution in [0.4, 0.5) is 0 Å². The van der Waals surface area contributed by atoms with Crippen molar-refractivity contribution in [2.75, 3.05) is 13.2 Å². The lowest BCUT2D eigenvalue weighted by atomic mass is 9.97. The number of esters is 1. The summed E-state index contributed by atoms with van der Waals surface area (Å²) in [7, 11) is 0. The van der Waals surface area contributed by atoms with Crippen LogP contribution in [0.25, 0.3) is 10.4 Å². The van der Waals surface area contributed by atoms with Gasteiger partial charge in [0.2, 0.25) is 4.38 Å². The molecule has 9 nitrogen and oxygen atoms in total. The molecule has 29 heavy (non-hydrogen) atoms. The van der Waals surface area contributed by atoms with Crippen LogP contribution in [0.5, 0.6) is 0 Å². The number of ether oxygens (including phenoxy) is 5. The quantitative estimate of drug-likeness (QED) is 0.225. The van der Waals surface area contributed by atoms with E-state index in [1.165, 1.54) is 6.92 Å². The van der Waals surface area contributed by atoms with Gasteiger partial charge in [-0.25, -0.2) is 0 Å². The van der Waals surface area contributed by atoms with Gasteiger partial charge in [0.1, 0.15) is 29.8 Å². The van der Waals surface area contributed by atoms with E-state index in [1.807, 2.05) is 37.3 Å². The second-order valence-electron chi connectivity index (χ2n) is 6.29. The molecule has 6 atom stereocenters. The van der Waals surface area contributed by atoms with E-state index in [9.17, 15) is 4.79 Å². The molecule has 0 unspecified atom stereocenters. The molecule has 11 heteroatoms. The van der Waals surface area contributed by atoms with Gasteiger partial charge in [-0.05, 0) is 36.4 Å². The Kier molecular flexibility index (Phi) is 7.70. The van der Waals surface area contributed by atoms with E-state index in [-0.39, 0.29) is 11.0 Å². The minimum atomic E-state index is -0.862. The van der Waals surface area contributed by atoms with Gasteiger partial charge in [-0.1, -0.05) is 35.4 Å². The molecule has 2 heterocycles. The van der Waals surface area contributed by atoms with Crippen molar-refractivity contribution in [2.45, 2.75) is 49.9 Å². The molecule has 1 aromatic rings. The number of azide groups is 1. The smallest absolute Gasteiger partial charge is 0.303 e. The zero-order chi connectivity index (χ0) is 20.8. The third-order valence-corrected chi connectivity index (χ3v) is 5.68. The zero-order valence-corrected chi connectivity index (χ0v) is 17.5. The first kappa shape index (κ1) is 21.8. The van der Waals surface area contributed by atoms with Crippen molar-refractivity contribution in [1.29, 1.82) is 0 Å². The second-order valence-corrected chi connectivity index (χ2v) is 7.99. The lowest BCUT2D eigenvalue weighted by molar-refractivity contribution is -0.306. The summed E-state index contributed by atoms with van der Waals surface area (Å²) >= 11 is 6.28. The molecule has 2 aliphatic heterocycles. The van der Waals surface area contributed by atoms with Crippen molar-refractivity contribution in [3.8, 4) is 0 Å². The third kappa shape index (κ3) is 5.39. The fraction of sp³-hybridized carbons (Fsp3) is 0.556. The fourth-order valence-corrected chi connectivity index (χ4v) is 4.52. The molecule has 0 bridgehead atoms. The Labute approximate surface area is 177 Å². The number of carbonyl (C=O) groups excluding carboxylic acids is 1. The molecule has 1 aromatic carbocycles. The van der Waals surface area contributed by atoms with Gasteiger partial charge in [0.15, 0.2) is 6.29 Å². The topological polar surface area (TPSA) is 112 Å². The molecule has 0 aliphatic carbocycles. The number of nitrogens with zero attached hydrogens (tertiary/aromatic N) is 3. The average molecular weight is 440 g/mol. The molecular weight excluding hydrogens is 418 g/mol. The summed E-state index contributed by atoms with van der Waals surface area (Å²) in [5.74, 6) is -0.517. The predicted molar refractivity (Wildman–Crippen MR) is 109 cm³/mol. The van der Waals surface area contributed by atoms with E-state index >= 15 is 0 Å². The summed E-state index contributed by atoms with van der Waals surface area (Å²) in [5, 5.41) is 3.82. The van der Waals surface area contributed by atoms with Gasteiger partial charge in [-0.15, -0.1) is 0 Å². The number of thiocarbonyl (C=S) groups is 1. The summed E-state index contributed by atoms with van der Waals surface area (Å²) in [5.41, 5.74) is 9.18. The van der Waals surface area contributed by atoms with Crippen molar-refractivity contribution >= 4 is 34.3 Å². The highest BCUT2D eigenvalue weighted by molar-refractivity contribution is 8.22. The summed E-state index contributed by atoms with van der Waals surface area (Å²) in [6.07, 6.45) is -2.73. The Hall–Kier alpha value is -1.88. The van der Waals surface area contributed by atoms with Crippen LogP contribution in [-0.2, 0) is 28.5 Å². The number of thioether (sulfide) groups is 1. The molecule has 0 radical (unpaired) electrons. The minimum Gasteiger partial charge on any atom is -0.479 e. The lowest BCUT2D eigenvalue weighted by Gasteiger charge is -2.47. The van der Waals surface area contributed by atoms with E-state index in [2.05, 4.69) is 10.0 Å². The van der Waals surface area contributed by atoms with Crippen LogP contribution in [0, 0.1) is 0 Å². The molecule has 0 aromatic heterocycles. The van der Waals surface area contributed by atoms with Gasteiger partial charge < -0.3 is 23.7 Å². The lowest BCUT2D eigenvalue weighted by Crippen LogP contribution is -2.61. The zero-order valence-electron chi connectivity index (χ0n) is 15.9. The Bertz CT molecular complexity index is 776. The monoisotopic (exact) mass is 439 g/mol. The molecule has 3 rings (SSSR count). The van der Waals surface area contributed by atoms with Crippen molar-refractivity contribution in [1.82, 2.24) is 0 Å². The van der Waals surface area contributed by atoms with Crippen LogP contribution in [0.3, 0.4) is 0 Å².